The summed E-state index contributed by atoms with van der Waals surface area (Å²) in [6, 6.07) is 13.7. The van der Waals surface area contributed by atoms with Gasteiger partial charge in [-0.3, -0.25) is 0 Å². The van der Waals surface area contributed by atoms with Gasteiger partial charge in [0.25, 0.3) is 0 Å². The molecule has 0 radical (unpaired) electrons. The van der Waals surface area contributed by atoms with Gasteiger partial charge in [-0.1, -0.05) is 23.7 Å². The molecule has 0 aliphatic rings. The third-order valence-corrected chi connectivity index (χ3v) is 4.46. The summed E-state index contributed by atoms with van der Waals surface area (Å²) < 4.78 is 13.0. The van der Waals surface area contributed by atoms with E-state index in [0.29, 0.717) is 41.1 Å². The summed E-state index contributed by atoms with van der Waals surface area (Å²) in [5.74, 6) is 1.65. The van der Waals surface area contributed by atoms with Gasteiger partial charge in [-0.15, -0.1) is 0 Å². The number of nitriles is 1. The van der Waals surface area contributed by atoms with Gasteiger partial charge in [0, 0.05) is 6.54 Å². The third kappa shape index (κ3) is 3.62. The van der Waals surface area contributed by atoms with E-state index >= 15 is 0 Å². The normalized spacial score (nSPS) is 11.4. The summed E-state index contributed by atoms with van der Waals surface area (Å²) in [6.07, 6.45) is 1.76. The Balaban J connectivity index is 2.13. The topological polar surface area (TPSA) is 60.1 Å². The standard InChI is InChI=1S/C21H20ClN3O2/c1-4-25-18-9-7-6-8-17(18)24-21(25)15(13-23)10-14-11-16(22)20(27-5-2)19(12-14)26-3/h6-12H,4-5H2,1-3H3/b15-10-. The lowest BCUT2D eigenvalue weighted by Crippen LogP contribution is -2.00. The lowest BCUT2D eigenvalue weighted by molar-refractivity contribution is 0.311. The Labute approximate surface area is 163 Å². The van der Waals surface area contributed by atoms with Gasteiger partial charge in [-0.2, -0.15) is 5.26 Å². The van der Waals surface area contributed by atoms with Gasteiger partial charge in [0.15, 0.2) is 17.3 Å². The van der Waals surface area contributed by atoms with E-state index in [4.69, 9.17) is 21.1 Å². The second-order valence-corrected chi connectivity index (χ2v) is 6.21. The van der Waals surface area contributed by atoms with E-state index in [1.165, 1.54) is 0 Å². The van der Waals surface area contributed by atoms with E-state index in [9.17, 15) is 5.26 Å². The van der Waals surface area contributed by atoms with Crippen LogP contribution in [0, 0.1) is 11.3 Å². The van der Waals surface area contributed by atoms with Crippen molar-refractivity contribution in [2.24, 2.45) is 0 Å². The molecule has 0 spiro atoms. The third-order valence-electron chi connectivity index (χ3n) is 4.18. The first-order valence-corrected chi connectivity index (χ1v) is 9.08. The molecule has 138 valence electrons. The van der Waals surface area contributed by atoms with Crippen LogP contribution in [0.15, 0.2) is 36.4 Å². The number of rotatable bonds is 6. The molecule has 0 saturated carbocycles. The van der Waals surface area contributed by atoms with E-state index in [2.05, 4.69) is 11.1 Å². The Bertz CT molecular complexity index is 1050. The van der Waals surface area contributed by atoms with E-state index in [0.717, 1.165) is 16.6 Å². The highest BCUT2D eigenvalue weighted by Crippen LogP contribution is 2.37. The number of para-hydroxylation sites is 2. The second kappa shape index (κ2) is 8.15. The molecule has 0 bridgehead atoms. The van der Waals surface area contributed by atoms with Gasteiger partial charge in [0.05, 0.1) is 35.3 Å². The van der Waals surface area contributed by atoms with Crippen LogP contribution in [0.1, 0.15) is 25.2 Å². The molecule has 3 rings (SSSR count). The largest absolute Gasteiger partial charge is 0.493 e. The van der Waals surface area contributed by atoms with Crippen LogP contribution in [0.4, 0.5) is 0 Å². The van der Waals surface area contributed by atoms with Crippen LogP contribution < -0.4 is 9.47 Å². The smallest absolute Gasteiger partial charge is 0.179 e. The van der Waals surface area contributed by atoms with Gasteiger partial charge in [-0.25, -0.2) is 4.98 Å². The van der Waals surface area contributed by atoms with Gasteiger partial charge >= 0.3 is 0 Å². The van der Waals surface area contributed by atoms with Crippen LogP contribution in [0.3, 0.4) is 0 Å². The number of nitrogens with zero attached hydrogens (tertiary/aromatic N) is 3. The number of hydrogen-bond acceptors (Lipinski definition) is 4. The van der Waals surface area contributed by atoms with Crippen LogP contribution in [0.5, 0.6) is 11.5 Å². The number of allylic oxidation sites excluding steroid dienone is 1. The van der Waals surface area contributed by atoms with Gasteiger partial charge in [0.2, 0.25) is 0 Å². The molecule has 2 aromatic carbocycles. The van der Waals surface area contributed by atoms with Crippen LogP contribution in [0.2, 0.25) is 5.02 Å². The summed E-state index contributed by atoms with van der Waals surface area (Å²) in [4.78, 5) is 4.65. The maximum absolute atomic E-state index is 9.76. The van der Waals surface area contributed by atoms with Crippen molar-refractivity contribution < 1.29 is 9.47 Å². The highest BCUT2D eigenvalue weighted by atomic mass is 35.5. The van der Waals surface area contributed by atoms with Gasteiger partial charge < -0.3 is 14.0 Å². The Morgan fingerprint density at radius 2 is 2.07 bits per heavy atom. The number of halogens is 1. The van der Waals surface area contributed by atoms with Crippen LogP contribution >= 0.6 is 11.6 Å². The Kier molecular flexibility index (Phi) is 5.68. The fourth-order valence-electron chi connectivity index (χ4n) is 3.02. The average molecular weight is 382 g/mol. The fraction of sp³-hybridized carbons (Fsp3) is 0.238. The average Bonchev–Trinajstić information content (AvgIpc) is 3.06. The van der Waals surface area contributed by atoms with Crippen molar-refractivity contribution in [3.8, 4) is 17.6 Å². The number of aryl methyl sites for hydroxylation is 1. The van der Waals surface area contributed by atoms with Crippen molar-refractivity contribution in [3.63, 3.8) is 0 Å². The van der Waals surface area contributed by atoms with Gasteiger partial charge in [-0.05, 0) is 49.8 Å². The highest BCUT2D eigenvalue weighted by Gasteiger charge is 2.15. The molecule has 0 atom stereocenters. The molecule has 0 saturated heterocycles. The molecule has 0 N–H and O–H groups in total. The minimum Gasteiger partial charge on any atom is -0.493 e. The fourth-order valence-corrected chi connectivity index (χ4v) is 3.30. The molecular formula is C21H20ClN3O2. The number of fused-ring (bicyclic) bond motifs is 1. The number of ether oxygens (including phenoxy) is 2. The summed E-state index contributed by atoms with van der Waals surface area (Å²) in [7, 11) is 1.56. The van der Waals surface area contributed by atoms with Crippen molar-refractivity contribution in [2.75, 3.05) is 13.7 Å². The van der Waals surface area contributed by atoms with E-state index in [1.54, 1.807) is 25.3 Å². The molecule has 3 aromatic rings. The zero-order chi connectivity index (χ0) is 19.4. The molecule has 5 nitrogen and oxygen atoms in total. The molecule has 0 unspecified atom stereocenters. The molecule has 0 fully saturated rings. The van der Waals surface area contributed by atoms with Crippen molar-refractivity contribution in [2.45, 2.75) is 20.4 Å². The first-order valence-electron chi connectivity index (χ1n) is 8.70. The lowest BCUT2D eigenvalue weighted by Gasteiger charge is -2.12. The summed E-state index contributed by atoms with van der Waals surface area (Å²) >= 11 is 6.35. The molecule has 0 aliphatic heterocycles. The molecular weight excluding hydrogens is 362 g/mol. The van der Waals surface area contributed by atoms with Crippen LogP contribution in [-0.2, 0) is 6.54 Å². The first-order chi connectivity index (χ1) is 13.1. The molecule has 0 aliphatic carbocycles. The first kappa shape index (κ1) is 18.8. The SMILES string of the molecule is CCOc1c(Cl)cc(/C=C(/C#N)c2nc3ccccc3n2CC)cc1OC. The number of imidazole rings is 1. The molecule has 6 heteroatoms. The maximum Gasteiger partial charge on any atom is 0.179 e. The lowest BCUT2D eigenvalue weighted by atomic mass is 10.1. The Morgan fingerprint density at radius 1 is 1.30 bits per heavy atom. The zero-order valence-electron chi connectivity index (χ0n) is 15.5. The maximum atomic E-state index is 9.76. The minimum atomic E-state index is 0.434. The number of benzene rings is 2. The second-order valence-electron chi connectivity index (χ2n) is 5.81. The summed E-state index contributed by atoms with van der Waals surface area (Å²) in [6.45, 7) is 5.10. The van der Waals surface area contributed by atoms with Gasteiger partial charge in [0.1, 0.15) is 6.07 Å². The zero-order valence-corrected chi connectivity index (χ0v) is 16.2. The van der Waals surface area contributed by atoms with Crippen LogP contribution in [-0.4, -0.2) is 23.3 Å². The van der Waals surface area contributed by atoms with Crippen molar-refractivity contribution in [1.82, 2.24) is 9.55 Å². The molecule has 1 aromatic heterocycles. The predicted octanol–water partition coefficient (Wildman–Crippen LogP) is 5.18. The van der Waals surface area contributed by atoms with Crippen LogP contribution in [0.25, 0.3) is 22.7 Å². The number of methoxy groups -OCH3 is 1. The predicted molar refractivity (Wildman–Crippen MR) is 108 cm³/mol. The molecule has 1 heterocycles. The van der Waals surface area contributed by atoms with E-state index in [1.807, 2.05) is 42.7 Å². The van der Waals surface area contributed by atoms with Crippen molar-refractivity contribution >= 4 is 34.3 Å². The summed E-state index contributed by atoms with van der Waals surface area (Å²) in [5, 5.41) is 10.2. The minimum absolute atomic E-state index is 0.434. The monoisotopic (exact) mass is 381 g/mol. The number of hydrogen-bond donors (Lipinski definition) is 0. The highest BCUT2D eigenvalue weighted by molar-refractivity contribution is 6.32. The Morgan fingerprint density at radius 3 is 2.74 bits per heavy atom. The number of aromatic nitrogens is 2. The van der Waals surface area contributed by atoms with Crippen molar-refractivity contribution in [3.05, 3.63) is 52.8 Å². The Hall–Kier alpha value is -2.97. The summed E-state index contributed by atoms with van der Waals surface area (Å²) in [5.41, 5.74) is 3.05. The molecule has 0 amide bonds. The molecule has 27 heavy (non-hydrogen) atoms. The van der Waals surface area contributed by atoms with E-state index in [-0.39, 0.29) is 0 Å². The van der Waals surface area contributed by atoms with E-state index < -0.39 is 0 Å². The van der Waals surface area contributed by atoms with Crippen molar-refractivity contribution in [1.29, 1.82) is 5.26 Å². The quantitative estimate of drug-likeness (QED) is 0.552.